The van der Waals surface area contributed by atoms with Gasteiger partial charge in [-0.2, -0.15) is 0 Å². The molecule has 100 valence electrons. The van der Waals surface area contributed by atoms with Crippen LogP contribution in [0.2, 0.25) is 10.2 Å². The number of aromatic nitrogens is 2. The van der Waals surface area contributed by atoms with Gasteiger partial charge < -0.3 is 5.11 Å². The molecule has 1 N–H and O–H groups in total. The summed E-state index contributed by atoms with van der Waals surface area (Å²) in [7, 11) is 0. The number of carboxylic acids is 1. The fourth-order valence-corrected chi connectivity index (χ4v) is 2.50. The third-order valence-corrected chi connectivity index (χ3v) is 3.57. The van der Waals surface area contributed by atoms with E-state index in [1.807, 2.05) is 30.3 Å². The number of imidazole rings is 1. The smallest absolute Gasteiger partial charge is 0.357 e. The second-order valence-corrected chi connectivity index (χ2v) is 4.96. The van der Waals surface area contributed by atoms with Crippen molar-refractivity contribution in [2.45, 2.75) is 0 Å². The van der Waals surface area contributed by atoms with Crippen molar-refractivity contribution in [3.63, 3.8) is 0 Å². The van der Waals surface area contributed by atoms with Gasteiger partial charge in [0.05, 0.1) is 5.02 Å². The number of carbonyl (C=O) groups is 1. The van der Waals surface area contributed by atoms with Crippen LogP contribution in [0.25, 0.3) is 16.8 Å². The molecule has 0 atom stereocenters. The molecule has 3 rings (SSSR count). The highest BCUT2D eigenvalue weighted by Gasteiger charge is 2.18. The first-order valence-electron chi connectivity index (χ1n) is 5.74. The SMILES string of the molecule is O=C(O)c1nc2c(Cl)cc(-c3ccccc3)cn2c1Cl. The average Bonchev–Trinajstić information content (AvgIpc) is 2.78. The number of rotatable bonds is 2. The predicted octanol–water partition coefficient (Wildman–Crippen LogP) is 4.01. The lowest BCUT2D eigenvalue weighted by atomic mass is 10.1. The molecule has 0 fully saturated rings. The van der Waals surface area contributed by atoms with E-state index in [1.165, 1.54) is 4.40 Å². The molecule has 0 spiro atoms. The van der Waals surface area contributed by atoms with Crippen LogP contribution in [0.4, 0.5) is 0 Å². The molecular weight excluding hydrogens is 299 g/mol. The Bertz CT molecular complexity index is 813. The van der Waals surface area contributed by atoms with Crippen molar-refractivity contribution in [3.05, 3.63) is 58.5 Å². The summed E-state index contributed by atoms with van der Waals surface area (Å²) in [5, 5.41) is 9.42. The number of halogens is 2. The summed E-state index contributed by atoms with van der Waals surface area (Å²) in [5.74, 6) is -1.18. The van der Waals surface area contributed by atoms with E-state index < -0.39 is 5.97 Å². The first-order valence-corrected chi connectivity index (χ1v) is 6.49. The third kappa shape index (κ3) is 2.03. The molecule has 1 aromatic carbocycles. The standard InChI is InChI=1S/C14H8Cl2N2O2/c15-10-6-9(8-4-2-1-3-5-8)7-18-12(16)11(14(19)20)17-13(10)18/h1-7H,(H,19,20). The zero-order valence-corrected chi connectivity index (χ0v) is 11.6. The van der Waals surface area contributed by atoms with E-state index in [0.29, 0.717) is 10.7 Å². The van der Waals surface area contributed by atoms with Gasteiger partial charge in [0.2, 0.25) is 0 Å². The normalized spacial score (nSPS) is 10.9. The number of benzene rings is 1. The van der Waals surface area contributed by atoms with Gasteiger partial charge in [-0.15, -0.1) is 0 Å². The maximum Gasteiger partial charge on any atom is 0.357 e. The van der Waals surface area contributed by atoms with Crippen molar-refractivity contribution in [1.82, 2.24) is 9.38 Å². The van der Waals surface area contributed by atoms with Gasteiger partial charge in [0.25, 0.3) is 0 Å². The topological polar surface area (TPSA) is 54.6 Å². The lowest BCUT2D eigenvalue weighted by Gasteiger charge is -2.04. The van der Waals surface area contributed by atoms with Crippen LogP contribution >= 0.6 is 23.2 Å². The summed E-state index contributed by atoms with van der Waals surface area (Å²) >= 11 is 12.2. The molecule has 2 aromatic heterocycles. The number of fused-ring (bicyclic) bond motifs is 1. The Morgan fingerprint density at radius 2 is 1.85 bits per heavy atom. The Morgan fingerprint density at radius 3 is 2.50 bits per heavy atom. The van der Waals surface area contributed by atoms with Crippen LogP contribution in [0.5, 0.6) is 0 Å². The summed E-state index contributed by atoms with van der Waals surface area (Å²) < 4.78 is 1.48. The Labute approximate surface area is 124 Å². The number of carboxylic acid groups (broad SMARTS) is 1. The van der Waals surface area contributed by atoms with Crippen molar-refractivity contribution >= 4 is 34.8 Å². The fourth-order valence-electron chi connectivity index (χ4n) is 2.00. The minimum atomic E-state index is -1.18. The van der Waals surface area contributed by atoms with Crippen molar-refractivity contribution in [2.24, 2.45) is 0 Å². The highest BCUT2D eigenvalue weighted by molar-refractivity contribution is 6.35. The molecule has 6 heteroatoms. The van der Waals surface area contributed by atoms with Gasteiger partial charge in [0.15, 0.2) is 11.3 Å². The van der Waals surface area contributed by atoms with Crippen molar-refractivity contribution in [1.29, 1.82) is 0 Å². The van der Waals surface area contributed by atoms with Crippen LogP contribution in [0.1, 0.15) is 10.5 Å². The van der Waals surface area contributed by atoms with E-state index in [9.17, 15) is 4.79 Å². The lowest BCUT2D eigenvalue weighted by Crippen LogP contribution is -1.96. The highest BCUT2D eigenvalue weighted by Crippen LogP contribution is 2.29. The van der Waals surface area contributed by atoms with Crippen molar-refractivity contribution in [2.75, 3.05) is 0 Å². The number of nitrogens with zero attached hydrogens (tertiary/aromatic N) is 2. The molecule has 0 unspecified atom stereocenters. The van der Waals surface area contributed by atoms with E-state index in [1.54, 1.807) is 12.3 Å². The fraction of sp³-hybridized carbons (Fsp3) is 0. The molecular formula is C14H8Cl2N2O2. The Morgan fingerprint density at radius 1 is 1.15 bits per heavy atom. The minimum absolute atomic E-state index is 0.0344. The third-order valence-electron chi connectivity index (χ3n) is 2.93. The first kappa shape index (κ1) is 13.0. The second kappa shape index (κ2) is 4.81. The van der Waals surface area contributed by atoms with Crippen LogP contribution in [0, 0.1) is 0 Å². The zero-order valence-electron chi connectivity index (χ0n) is 10.0. The predicted molar refractivity (Wildman–Crippen MR) is 77.6 cm³/mol. The second-order valence-electron chi connectivity index (χ2n) is 4.19. The summed E-state index contributed by atoms with van der Waals surface area (Å²) in [5.41, 5.74) is 1.91. The van der Waals surface area contributed by atoms with E-state index in [2.05, 4.69) is 4.98 Å². The molecule has 3 aromatic rings. The maximum absolute atomic E-state index is 11.1. The zero-order chi connectivity index (χ0) is 14.3. The average molecular weight is 307 g/mol. The summed E-state index contributed by atoms with van der Waals surface area (Å²) in [4.78, 5) is 15.0. The molecule has 0 saturated heterocycles. The minimum Gasteiger partial charge on any atom is -0.476 e. The van der Waals surface area contributed by atoms with Crippen LogP contribution in [-0.2, 0) is 0 Å². The molecule has 0 aliphatic carbocycles. The van der Waals surface area contributed by atoms with Crippen LogP contribution < -0.4 is 0 Å². The van der Waals surface area contributed by atoms with Crippen molar-refractivity contribution in [3.8, 4) is 11.1 Å². The molecule has 0 aliphatic heterocycles. The van der Waals surface area contributed by atoms with E-state index in [4.69, 9.17) is 28.3 Å². The number of pyridine rings is 1. The molecule has 0 amide bonds. The van der Waals surface area contributed by atoms with E-state index in [-0.39, 0.29) is 10.8 Å². The van der Waals surface area contributed by atoms with Crippen LogP contribution in [-0.4, -0.2) is 20.5 Å². The lowest BCUT2D eigenvalue weighted by molar-refractivity contribution is 0.0691. The molecule has 0 saturated carbocycles. The summed E-state index contributed by atoms with van der Waals surface area (Å²) in [6.45, 7) is 0. The quantitative estimate of drug-likeness (QED) is 0.778. The monoisotopic (exact) mass is 306 g/mol. The summed E-state index contributed by atoms with van der Waals surface area (Å²) in [6, 6.07) is 11.3. The molecule has 4 nitrogen and oxygen atoms in total. The summed E-state index contributed by atoms with van der Waals surface area (Å²) in [6.07, 6.45) is 1.72. The molecule has 0 bridgehead atoms. The van der Waals surface area contributed by atoms with Gasteiger partial charge in [-0.25, -0.2) is 9.78 Å². The van der Waals surface area contributed by atoms with Crippen molar-refractivity contribution < 1.29 is 9.90 Å². The van der Waals surface area contributed by atoms with Gasteiger partial charge in [-0.3, -0.25) is 4.40 Å². The van der Waals surface area contributed by atoms with E-state index in [0.717, 1.165) is 11.1 Å². The largest absolute Gasteiger partial charge is 0.476 e. The van der Waals surface area contributed by atoms with E-state index >= 15 is 0 Å². The molecule has 2 heterocycles. The Kier molecular flexibility index (Phi) is 3.12. The van der Waals surface area contributed by atoms with Gasteiger partial charge in [0, 0.05) is 6.20 Å². The maximum atomic E-state index is 11.1. The van der Waals surface area contributed by atoms with Crippen LogP contribution in [0.15, 0.2) is 42.6 Å². The number of hydrogen-bond donors (Lipinski definition) is 1. The first-order chi connectivity index (χ1) is 9.58. The van der Waals surface area contributed by atoms with Gasteiger partial charge in [-0.1, -0.05) is 53.5 Å². The Hall–Kier alpha value is -2.04. The number of hydrogen-bond acceptors (Lipinski definition) is 2. The van der Waals surface area contributed by atoms with Gasteiger partial charge >= 0.3 is 5.97 Å². The molecule has 0 aliphatic rings. The molecule has 20 heavy (non-hydrogen) atoms. The van der Waals surface area contributed by atoms with Gasteiger partial charge in [0.1, 0.15) is 5.15 Å². The highest BCUT2D eigenvalue weighted by atomic mass is 35.5. The van der Waals surface area contributed by atoms with Gasteiger partial charge in [-0.05, 0) is 17.2 Å². The number of aromatic carboxylic acids is 1. The molecule has 0 radical (unpaired) electrons. The van der Waals surface area contributed by atoms with Crippen LogP contribution in [0.3, 0.4) is 0 Å². The Balaban J connectivity index is 2.29.